The summed E-state index contributed by atoms with van der Waals surface area (Å²) in [4.78, 5) is 40.7. The van der Waals surface area contributed by atoms with Crippen molar-refractivity contribution in [2.24, 2.45) is 17.6 Å². The minimum atomic E-state index is -2.35. The van der Waals surface area contributed by atoms with Gasteiger partial charge in [0, 0.05) is 25.0 Å². The molecule has 250 valence electrons. The highest BCUT2D eigenvalue weighted by Gasteiger charge is 2.58. The number of nitrogens with one attached hydrogen (secondary N) is 2. The summed E-state index contributed by atoms with van der Waals surface area (Å²) in [6.45, 7) is 4.14. The van der Waals surface area contributed by atoms with Gasteiger partial charge in [0.15, 0.2) is 11.7 Å². The van der Waals surface area contributed by atoms with Crippen LogP contribution in [0, 0.1) is 11.8 Å². The van der Waals surface area contributed by atoms with Crippen molar-refractivity contribution in [3.8, 4) is 22.6 Å². The maximum absolute atomic E-state index is 13.5. The number of hydrogen-bond acceptors (Lipinski definition) is 11. The van der Waals surface area contributed by atoms with Crippen LogP contribution in [0.4, 0.5) is 0 Å². The third kappa shape index (κ3) is 6.87. The molecule has 1 saturated heterocycles. The van der Waals surface area contributed by atoms with Gasteiger partial charge in [0.05, 0.1) is 10.9 Å². The Morgan fingerprint density at radius 1 is 1.13 bits per heavy atom. The number of hydrogen-bond donors (Lipinski definition) is 8. The van der Waals surface area contributed by atoms with Gasteiger partial charge in [-0.1, -0.05) is 26.0 Å². The number of benzene rings is 2. The van der Waals surface area contributed by atoms with E-state index in [0.29, 0.717) is 6.54 Å². The molecule has 0 bridgehead atoms. The number of rotatable bonds is 12. The number of carbonyl (C=O) groups excluding carboxylic acids is 1. The molecule has 1 fully saturated rings. The van der Waals surface area contributed by atoms with Gasteiger partial charge in [-0.2, -0.15) is 0 Å². The largest absolute Gasteiger partial charge is 0.508 e. The zero-order valence-corrected chi connectivity index (χ0v) is 25.6. The number of primary amides is 1. The predicted molar refractivity (Wildman–Crippen MR) is 168 cm³/mol. The maximum Gasteiger partial charge on any atom is 0.335 e. The number of phenols is 1. The number of aromatic nitrogens is 1. The van der Waals surface area contributed by atoms with Gasteiger partial charge in [-0.05, 0) is 66.3 Å². The number of H-pyrrole nitrogens is 1. The fraction of sp³-hybridized carbons (Fsp3) is 0.364. The Morgan fingerprint density at radius 2 is 1.85 bits per heavy atom. The number of aromatic hydroxyl groups is 1. The van der Waals surface area contributed by atoms with E-state index >= 15 is 0 Å². The van der Waals surface area contributed by atoms with Crippen LogP contribution < -0.4 is 21.2 Å². The number of aliphatic hydroxyl groups is 3. The second-order valence-electron chi connectivity index (χ2n) is 12.0. The van der Waals surface area contributed by atoms with Crippen molar-refractivity contribution in [2.75, 3.05) is 13.1 Å². The number of carboxylic acids is 1. The summed E-state index contributed by atoms with van der Waals surface area (Å²) < 4.78 is 17.1. The first-order valence-corrected chi connectivity index (χ1v) is 15.0. The zero-order valence-electron chi connectivity index (χ0n) is 25.6. The topological polar surface area (TPSA) is 238 Å². The highest BCUT2D eigenvalue weighted by molar-refractivity contribution is 5.99. The predicted octanol–water partition coefficient (Wildman–Crippen LogP) is 1.34. The van der Waals surface area contributed by atoms with E-state index in [-0.39, 0.29) is 52.0 Å². The van der Waals surface area contributed by atoms with Gasteiger partial charge in [-0.25, -0.2) is 4.79 Å². The summed E-state index contributed by atoms with van der Waals surface area (Å²) in [5, 5.41) is 55.7. The van der Waals surface area contributed by atoms with Crippen molar-refractivity contribution in [2.45, 2.75) is 50.5 Å². The van der Waals surface area contributed by atoms with Crippen LogP contribution in [0.15, 0.2) is 70.1 Å². The number of fused-ring (bicyclic) bond motifs is 1. The van der Waals surface area contributed by atoms with Crippen LogP contribution >= 0.6 is 0 Å². The first-order chi connectivity index (χ1) is 22.3. The lowest BCUT2D eigenvalue weighted by atomic mass is 9.85. The molecule has 1 amide bonds. The molecule has 0 saturated carbocycles. The van der Waals surface area contributed by atoms with E-state index in [1.54, 1.807) is 0 Å². The Kier molecular flexibility index (Phi) is 9.70. The zero-order chi connectivity index (χ0) is 34.0. The number of carboxylic acid groups (broad SMARTS) is 1. The second kappa shape index (κ2) is 13.6. The average Bonchev–Trinajstić information content (AvgIpc) is 3.54. The van der Waals surface area contributed by atoms with Gasteiger partial charge in [0.2, 0.25) is 17.5 Å². The minimum absolute atomic E-state index is 0.0351. The first kappa shape index (κ1) is 33.6. The van der Waals surface area contributed by atoms with Gasteiger partial charge in [0.1, 0.15) is 29.3 Å². The van der Waals surface area contributed by atoms with Crippen LogP contribution in [0.1, 0.15) is 30.0 Å². The molecule has 1 aliphatic heterocycles. The van der Waals surface area contributed by atoms with Crippen LogP contribution in [0.3, 0.4) is 0 Å². The molecule has 0 unspecified atom stereocenters. The molecular formula is C33H37N3O11. The molecule has 5 rings (SSSR count). The summed E-state index contributed by atoms with van der Waals surface area (Å²) in [6, 6.07) is 11.4. The molecule has 9 N–H and O–H groups in total. The van der Waals surface area contributed by atoms with E-state index in [9.17, 15) is 39.9 Å². The molecule has 0 spiro atoms. The summed E-state index contributed by atoms with van der Waals surface area (Å²) in [5.74, 6) is -2.88. The number of nitrogens with two attached hydrogens (primary N) is 1. The molecule has 6 atom stereocenters. The normalized spacial score (nSPS) is 23.5. The van der Waals surface area contributed by atoms with Crippen molar-refractivity contribution < 1.29 is 49.0 Å². The molecule has 0 radical (unpaired) electrons. The molecule has 14 nitrogen and oxygen atoms in total. The third-order valence-electron chi connectivity index (χ3n) is 8.47. The number of amides is 1. The third-order valence-corrected chi connectivity index (χ3v) is 8.47. The summed E-state index contributed by atoms with van der Waals surface area (Å²) in [5.41, 5.74) is 3.71. The SMILES string of the molecule is CC(C)[C@H](CNC[C@]1(O)[C@H](Oc2ccc3c(=O)c(-c4ccc(O)cc4)c(C(N)=O)oc3c2)O[C@H](C(=O)O)[C@@H](O)[C@@H]1O)Cc1cc[nH]c1. The highest BCUT2D eigenvalue weighted by Crippen LogP contribution is 2.34. The van der Waals surface area contributed by atoms with Gasteiger partial charge >= 0.3 is 5.97 Å². The highest BCUT2D eigenvalue weighted by atomic mass is 16.7. The Labute approximate surface area is 268 Å². The van der Waals surface area contributed by atoms with Crippen molar-refractivity contribution in [3.05, 3.63) is 82.5 Å². The quantitative estimate of drug-likeness (QED) is 0.108. The fourth-order valence-corrected chi connectivity index (χ4v) is 5.68. The maximum atomic E-state index is 13.5. The summed E-state index contributed by atoms with van der Waals surface area (Å²) in [6.07, 6.45) is -3.34. The lowest BCUT2D eigenvalue weighted by Gasteiger charge is -2.47. The minimum Gasteiger partial charge on any atom is -0.508 e. The Balaban J connectivity index is 1.45. The van der Waals surface area contributed by atoms with Crippen molar-refractivity contribution in [3.63, 3.8) is 0 Å². The van der Waals surface area contributed by atoms with Crippen LogP contribution in [-0.4, -0.2) is 85.7 Å². The van der Waals surface area contributed by atoms with Crippen LogP contribution in [0.5, 0.6) is 11.5 Å². The van der Waals surface area contributed by atoms with E-state index in [1.807, 2.05) is 18.5 Å². The number of aliphatic hydroxyl groups excluding tert-OH is 2. The van der Waals surface area contributed by atoms with Crippen molar-refractivity contribution in [1.82, 2.24) is 10.3 Å². The van der Waals surface area contributed by atoms with Crippen LogP contribution in [0.2, 0.25) is 0 Å². The number of aromatic amines is 1. The molecule has 4 aromatic rings. The van der Waals surface area contributed by atoms with E-state index in [0.717, 1.165) is 12.0 Å². The molecule has 0 aliphatic carbocycles. The molecule has 2 aromatic heterocycles. The van der Waals surface area contributed by atoms with E-state index < -0.39 is 53.3 Å². The van der Waals surface area contributed by atoms with Crippen molar-refractivity contribution >= 4 is 22.8 Å². The molecule has 14 heteroatoms. The molecule has 47 heavy (non-hydrogen) atoms. The fourth-order valence-electron chi connectivity index (χ4n) is 5.68. The smallest absolute Gasteiger partial charge is 0.335 e. The van der Waals surface area contributed by atoms with Gasteiger partial charge in [-0.3, -0.25) is 9.59 Å². The number of carbonyl (C=O) groups is 2. The number of aliphatic carboxylic acids is 1. The first-order valence-electron chi connectivity index (χ1n) is 15.0. The molecule has 3 heterocycles. The monoisotopic (exact) mass is 651 g/mol. The summed E-state index contributed by atoms with van der Waals surface area (Å²) >= 11 is 0. The molecular weight excluding hydrogens is 614 g/mol. The van der Waals surface area contributed by atoms with Gasteiger partial charge in [-0.15, -0.1) is 0 Å². The Morgan fingerprint density at radius 3 is 2.47 bits per heavy atom. The molecule has 2 aromatic carbocycles. The number of ether oxygens (including phenoxy) is 2. The van der Waals surface area contributed by atoms with Gasteiger partial charge in [0.25, 0.3) is 5.91 Å². The molecule has 1 aliphatic rings. The standard InChI is InChI=1S/C33H37N3O11/c1-16(2)19(11-17-9-10-35-13-17)14-36-15-33(44)29(40)26(39)28(31(42)43)47-32(33)45-21-7-8-22-23(12-21)46-27(30(34)41)24(25(22)38)18-3-5-20(37)6-4-18/h3-10,12-13,16,19,26,28-29,32,35-37,39-40,44H,11,14-15H2,1-2H3,(H2,34,41)(H,42,43)/t19-,26+,28-,29-,32+,33+/m0/s1. The van der Waals surface area contributed by atoms with Crippen LogP contribution in [0.25, 0.3) is 22.1 Å². The van der Waals surface area contributed by atoms with Gasteiger partial charge < -0.3 is 55.5 Å². The lowest BCUT2D eigenvalue weighted by Crippen LogP contribution is -2.71. The average molecular weight is 652 g/mol. The number of phenolic OH excluding ortho intramolecular Hbond substituents is 1. The summed E-state index contributed by atoms with van der Waals surface area (Å²) in [7, 11) is 0. The Hall–Kier alpha value is -4.73. The second-order valence-corrected chi connectivity index (χ2v) is 12.0. The Bertz CT molecular complexity index is 1790. The van der Waals surface area contributed by atoms with Crippen molar-refractivity contribution in [1.29, 1.82) is 0 Å². The van der Waals surface area contributed by atoms with E-state index in [4.69, 9.17) is 19.6 Å². The lowest BCUT2D eigenvalue weighted by molar-refractivity contribution is -0.311. The van der Waals surface area contributed by atoms with E-state index in [2.05, 4.69) is 24.1 Å². The van der Waals surface area contributed by atoms with E-state index in [1.165, 1.54) is 42.5 Å². The van der Waals surface area contributed by atoms with Crippen LogP contribution in [-0.2, 0) is 16.0 Å².